The molecule has 0 unspecified atom stereocenters. The lowest BCUT2D eigenvalue weighted by atomic mass is 10.0. The largest absolute Gasteiger partial charge is 0.471 e. The normalized spacial score (nSPS) is 11.7. The van der Waals surface area contributed by atoms with Gasteiger partial charge in [-0.3, -0.25) is 9.78 Å². The zero-order valence-electron chi connectivity index (χ0n) is 14.3. The molecule has 0 aliphatic carbocycles. The van der Waals surface area contributed by atoms with Crippen molar-refractivity contribution in [1.29, 1.82) is 0 Å². The lowest BCUT2D eigenvalue weighted by Crippen LogP contribution is -2.36. The predicted molar refractivity (Wildman–Crippen MR) is 87.8 cm³/mol. The van der Waals surface area contributed by atoms with Gasteiger partial charge in [0.15, 0.2) is 5.82 Å². The van der Waals surface area contributed by atoms with Gasteiger partial charge in [-0.25, -0.2) is 9.37 Å². The van der Waals surface area contributed by atoms with Crippen LogP contribution in [0.15, 0.2) is 42.9 Å². The summed E-state index contributed by atoms with van der Waals surface area (Å²) >= 11 is 0. The summed E-state index contributed by atoms with van der Waals surface area (Å²) in [5, 5.41) is 5.28. The molecule has 0 atom stereocenters. The summed E-state index contributed by atoms with van der Waals surface area (Å²) in [6.45, 7) is -3.56. The zero-order chi connectivity index (χ0) is 21.2. The number of aromatic nitrogens is 4. The highest BCUT2D eigenvalue weighted by Crippen LogP contribution is 2.27. The summed E-state index contributed by atoms with van der Waals surface area (Å²) in [6.07, 6.45) is -3.17. The Balaban J connectivity index is 2.00. The average molecular weight is 415 g/mol. The lowest BCUT2D eigenvalue weighted by Gasteiger charge is -2.12. The molecule has 0 saturated heterocycles. The third-order valence-corrected chi connectivity index (χ3v) is 3.77. The first kappa shape index (κ1) is 20.3. The summed E-state index contributed by atoms with van der Waals surface area (Å²) in [6, 6.07) is 6.54. The van der Waals surface area contributed by atoms with Gasteiger partial charge in [-0.1, -0.05) is 0 Å². The smallest absolute Gasteiger partial charge is 0.344 e. The maximum atomic E-state index is 13.1. The van der Waals surface area contributed by atoms with E-state index in [1.54, 1.807) is 5.32 Å². The Kier molecular flexibility index (Phi) is 5.52. The van der Waals surface area contributed by atoms with Crippen molar-refractivity contribution in [2.45, 2.75) is 19.3 Å². The third kappa shape index (κ3) is 4.70. The molecular weight excluding hydrogens is 404 g/mol. The van der Waals surface area contributed by atoms with E-state index in [4.69, 9.17) is 0 Å². The number of hydrogen-bond donors (Lipinski definition) is 1. The minimum absolute atomic E-state index is 0.0699. The van der Waals surface area contributed by atoms with Crippen LogP contribution in [0.2, 0.25) is 0 Å². The van der Waals surface area contributed by atoms with Crippen LogP contribution in [0.5, 0.6) is 0 Å². The Labute approximate surface area is 159 Å². The van der Waals surface area contributed by atoms with Crippen LogP contribution < -0.4 is 5.32 Å². The topological polar surface area (TPSA) is 72.7 Å². The summed E-state index contributed by atoms with van der Waals surface area (Å²) in [5.41, 5.74) is 0.896. The molecule has 0 radical (unpaired) electrons. The maximum Gasteiger partial charge on any atom is 0.471 e. The molecule has 152 valence electrons. The second kappa shape index (κ2) is 7.89. The van der Waals surface area contributed by atoms with Crippen molar-refractivity contribution in [2.75, 3.05) is 0 Å². The number of halogens is 6. The first-order chi connectivity index (χ1) is 13.6. The first-order valence-electron chi connectivity index (χ1n) is 7.94. The highest BCUT2D eigenvalue weighted by Gasteiger charge is 2.38. The van der Waals surface area contributed by atoms with Crippen molar-refractivity contribution in [2.24, 2.45) is 0 Å². The van der Waals surface area contributed by atoms with E-state index < -0.39 is 31.0 Å². The van der Waals surface area contributed by atoms with Crippen LogP contribution in [-0.2, 0) is 11.3 Å². The zero-order valence-corrected chi connectivity index (χ0v) is 14.3. The predicted octanol–water partition coefficient (Wildman–Crippen LogP) is 3.72. The van der Waals surface area contributed by atoms with Crippen LogP contribution in [0.3, 0.4) is 0 Å². The molecule has 1 aromatic carbocycles. The number of pyridine rings is 1. The standard InChI is InChI=1S/C17H11F6N5O/c18-11-3-1-9(2-4-11)13-5-12(14-26-8-28(27-14)16(19)20)10(6-24-13)7-25-15(29)17(21,22)23/h1-6,8,16H,7H2,(H,25,29). The molecule has 2 heterocycles. The summed E-state index contributed by atoms with van der Waals surface area (Å²) in [4.78, 5) is 18.9. The molecule has 3 rings (SSSR count). The Morgan fingerprint density at radius 1 is 1.14 bits per heavy atom. The van der Waals surface area contributed by atoms with E-state index in [1.165, 1.54) is 30.3 Å². The van der Waals surface area contributed by atoms with Gasteiger partial charge in [-0.05, 0) is 30.3 Å². The van der Waals surface area contributed by atoms with Gasteiger partial charge in [-0.2, -0.15) is 26.6 Å². The summed E-state index contributed by atoms with van der Waals surface area (Å²) < 4.78 is 76.2. The molecule has 0 aliphatic rings. The molecular formula is C17H11F6N5O. The van der Waals surface area contributed by atoms with Gasteiger partial charge >= 0.3 is 18.6 Å². The molecule has 1 amide bonds. The molecule has 1 N–H and O–H groups in total. The molecule has 12 heteroatoms. The quantitative estimate of drug-likeness (QED) is 0.645. The molecule has 0 fully saturated rings. The van der Waals surface area contributed by atoms with E-state index in [9.17, 15) is 31.1 Å². The maximum absolute atomic E-state index is 13.1. The molecule has 0 spiro atoms. The van der Waals surface area contributed by atoms with Gasteiger partial charge in [0.25, 0.3) is 0 Å². The van der Waals surface area contributed by atoms with Crippen molar-refractivity contribution in [3.8, 4) is 22.6 Å². The SMILES string of the molecule is O=C(NCc1cnc(-c2ccc(F)cc2)cc1-c1ncn(C(F)F)n1)C(F)(F)F. The number of carbonyl (C=O) groups excluding carboxylic acids is 1. The van der Waals surface area contributed by atoms with Gasteiger partial charge in [0, 0.05) is 29.4 Å². The van der Waals surface area contributed by atoms with Crippen molar-refractivity contribution < 1.29 is 31.1 Å². The number of hydrogen-bond acceptors (Lipinski definition) is 4. The van der Waals surface area contributed by atoms with Crippen LogP contribution in [0, 0.1) is 5.82 Å². The number of rotatable bonds is 5. The monoisotopic (exact) mass is 415 g/mol. The van der Waals surface area contributed by atoms with Crippen LogP contribution in [-0.4, -0.2) is 31.8 Å². The molecule has 3 aromatic rings. The van der Waals surface area contributed by atoms with Crippen LogP contribution >= 0.6 is 0 Å². The third-order valence-electron chi connectivity index (χ3n) is 3.77. The van der Waals surface area contributed by atoms with Crippen LogP contribution in [0.1, 0.15) is 12.1 Å². The molecule has 6 nitrogen and oxygen atoms in total. The van der Waals surface area contributed by atoms with E-state index >= 15 is 0 Å². The van der Waals surface area contributed by atoms with E-state index in [-0.39, 0.29) is 27.3 Å². The van der Waals surface area contributed by atoms with Gasteiger partial charge in [0.2, 0.25) is 0 Å². The molecule has 0 aliphatic heterocycles. The van der Waals surface area contributed by atoms with Crippen LogP contribution in [0.25, 0.3) is 22.6 Å². The highest BCUT2D eigenvalue weighted by molar-refractivity contribution is 5.82. The molecule has 0 saturated carbocycles. The fourth-order valence-corrected chi connectivity index (χ4v) is 2.38. The molecule has 0 bridgehead atoms. The van der Waals surface area contributed by atoms with Crippen molar-refractivity contribution >= 4 is 5.91 Å². The second-order valence-electron chi connectivity index (χ2n) is 5.74. The average Bonchev–Trinajstić information content (AvgIpc) is 3.16. The molecule has 2 aromatic heterocycles. The fraction of sp³-hybridized carbons (Fsp3) is 0.176. The fourth-order valence-electron chi connectivity index (χ4n) is 2.38. The lowest BCUT2D eigenvalue weighted by molar-refractivity contribution is -0.173. The minimum Gasteiger partial charge on any atom is -0.344 e. The number of amides is 1. The number of carbonyl (C=O) groups is 1. The van der Waals surface area contributed by atoms with Crippen LogP contribution in [0.4, 0.5) is 26.3 Å². The first-order valence-corrected chi connectivity index (χ1v) is 7.94. The van der Waals surface area contributed by atoms with Crippen molar-refractivity contribution in [1.82, 2.24) is 25.1 Å². The molecule has 29 heavy (non-hydrogen) atoms. The second-order valence-corrected chi connectivity index (χ2v) is 5.74. The Morgan fingerprint density at radius 2 is 1.83 bits per heavy atom. The van der Waals surface area contributed by atoms with Gasteiger partial charge in [0.05, 0.1) is 5.69 Å². The van der Waals surface area contributed by atoms with Gasteiger partial charge < -0.3 is 5.32 Å². The van der Waals surface area contributed by atoms with E-state index in [0.717, 1.165) is 12.5 Å². The van der Waals surface area contributed by atoms with Gasteiger partial charge in [0.1, 0.15) is 12.1 Å². The number of nitrogens with zero attached hydrogens (tertiary/aromatic N) is 4. The minimum atomic E-state index is -5.09. The van der Waals surface area contributed by atoms with E-state index in [2.05, 4.69) is 15.1 Å². The van der Waals surface area contributed by atoms with Gasteiger partial charge in [-0.15, -0.1) is 5.10 Å². The van der Waals surface area contributed by atoms with Crippen molar-refractivity contribution in [3.05, 3.63) is 54.2 Å². The van der Waals surface area contributed by atoms with E-state index in [0.29, 0.717) is 5.56 Å². The number of alkyl halides is 5. The number of benzene rings is 1. The summed E-state index contributed by atoms with van der Waals surface area (Å²) in [7, 11) is 0. The van der Waals surface area contributed by atoms with E-state index in [1.807, 2.05) is 0 Å². The Morgan fingerprint density at radius 3 is 2.41 bits per heavy atom. The number of nitrogens with one attached hydrogen (secondary N) is 1. The van der Waals surface area contributed by atoms with Crippen molar-refractivity contribution in [3.63, 3.8) is 0 Å². The highest BCUT2D eigenvalue weighted by atomic mass is 19.4. The summed E-state index contributed by atoms with van der Waals surface area (Å²) in [5.74, 6) is -2.86. The Hall–Kier alpha value is -3.44. The Bertz CT molecular complexity index is 1020.